The van der Waals surface area contributed by atoms with Gasteiger partial charge in [-0.3, -0.25) is 14.4 Å². The molecule has 0 saturated carbocycles. The number of unbranched alkanes of at least 4 members (excludes halogenated alkanes) is 8. The van der Waals surface area contributed by atoms with Crippen molar-refractivity contribution in [3.63, 3.8) is 0 Å². The van der Waals surface area contributed by atoms with Crippen LogP contribution in [-0.2, 0) is 36.6 Å². The average Bonchev–Trinajstić information content (AvgIpc) is 3.06. The molecule has 1 amide bonds. The van der Waals surface area contributed by atoms with Crippen molar-refractivity contribution >= 4 is 29.6 Å². The summed E-state index contributed by atoms with van der Waals surface area (Å²) in [6, 6.07) is 9.04. The van der Waals surface area contributed by atoms with Gasteiger partial charge in [0.25, 0.3) is 0 Å². The quantitative estimate of drug-likeness (QED) is 0.0554. The Kier molecular flexibility index (Phi) is 17.5. The second-order valence-corrected chi connectivity index (χ2v) is 12.7. The van der Waals surface area contributed by atoms with Crippen LogP contribution >= 0.6 is 0 Å². The summed E-state index contributed by atoms with van der Waals surface area (Å²) in [7, 11) is 0. The van der Waals surface area contributed by atoms with Crippen LogP contribution in [-0.4, -0.2) is 61.7 Å². The molecule has 0 spiro atoms. The van der Waals surface area contributed by atoms with Crippen molar-refractivity contribution in [1.82, 2.24) is 5.32 Å². The minimum absolute atomic E-state index is 0.237. The van der Waals surface area contributed by atoms with Crippen molar-refractivity contribution in [3.05, 3.63) is 71.8 Å². The number of carbonyl (C=O) groups excluding carboxylic acids is 2. The van der Waals surface area contributed by atoms with Crippen molar-refractivity contribution in [2.45, 2.75) is 115 Å². The maximum atomic E-state index is 13.4. The van der Waals surface area contributed by atoms with Crippen molar-refractivity contribution in [1.29, 1.82) is 0 Å². The van der Waals surface area contributed by atoms with Gasteiger partial charge in [0, 0.05) is 19.3 Å². The number of carbonyl (C=O) groups is 5. The van der Waals surface area contributed by atoms with Gasteiger partial charge in [0.15, 0.2) is 5.60 Å². The monoisotopic (exact) mass is 719 g/mol. The van der Waals surface area contributed by atoms with Crippen molar-refractivity contribution in [2.75, 3.05) is 0 Å². The van der Waals surface area contributed by atoms with Gasteiger partial charge in [0.05, 0.1) is 17.9 Å². The van der Waals surface area contributed by atoms with Crippen molar-refractivity contribution in [2.24, 2.45) is 5.92 Å². The maximum Gasteiger partial charge on any atom is 0.416 e. The number of aliphatic hydroxyl groups is 1. The fraction of sp³-hybridized carbons (Fsp3) is 0.500. The van der Waals surface area contributed by atoms with Gasteiger partial charge in [-0.25, -0.2) is 9.59 Å². The SMILES string of the molecule is CCCCCCCC(=O)CCCCCCC=C[C@H](C(=O)N[C@@H](Cc1ccc(-c2ccc(C(F)(F)F)cc2)cc1)C(=O)O)[C@@](O)(CC(=O)O)C(=O)O. The summed E-state index contributed by atoms with van der Waals surface area (Å²) in [6.45, 7) is 2.13. The molecule has 3 atom stereocenters. The summed E-state index contributed by atoms with van der Waals surface area (Å²) in [5.74, 6) is -8.07. The van der Waals surface area contributed by atoms with Crippen LogP contribution in [0.5, 0.6) is 0 Å². The van der Waals surface area contributed by atoms with Gasteiger partial charge in [-0.2, -0.15) is 13.2 Å². The van der Waals surface area contributed by atoms with E-state index < -0.39 is 59.5 Å². The molecule has 0 fully saturated rings. The Bertz CT molecular complexity index is 1470. The number of nitrogens with one attached hydrogen (secondary N) is 1. The molecule has 5 N–H and O–H groups in total. The van der Waals surface area contributed by atoms with E-state index >= 15 is 0 Å². The Morgan fingerprint density at radius 3 is 1.78 bits per heavy atom. The molecule has 0 aliphatic heterocycles. The van der Waals surface area contributed by atoms with E-state index in [2.05, 4.69) is 12.2 Å². The molecule has 0 saturated heterocycles. The molecule has 0 radical (unpaired) electrons. The lowest BCUT2D eigenvalue weighted by molar-refractivity contribution is -0.172. The second kappa shape index (κ2) is 21.0. The number of alkyl halides is 3. The molecular formula is C38H48F3NO9. The predicted molar refractivity (Wildman–Crippen MR) is 184 cm³/mol. The van der Waals surface area contributed by atoms with Crippen LogP contribution < -0.4 is 5.32 Å². The molecular weight excluding hydrogens is 671 g/mol. The van der Waals surface area contributed by atoms with Crippen molar-refractivity contribution in [3.8, 4) is 11.1 Å². The van der Waals surface area contributed by atoms with E-state index in [0.717, 1.165) is 63.2 Å². The molecule has 51 heavy (non-hydrogen) atoms. The lowest BCUT2D eigenvalue weighted by atomic mass is 9.82. The molecule has 2 aromatic carbocycles. The van der Waals surface area contributed by atoms with Crippen molar-refractivity contribution < 1.29 is 57.6 Å². The summed E-state index contributed by atoms with van der Waals surface area (Å²) in [5, 5.41) is 42.1. The number of aliphatic carboxylic acids is 3. The molecule has 0 aromatic heterocycles. The summed E-state index contributed by atoms with van der Waals surface area (Å²) in [6.07, 6.45) is 6.11. The molecule has 10 nitrogen and oxygen atoms in total. The minimum atomic E-state index is -4.49. The van der Waals surface area contributed by atoms with Crippen LogP contribution in [0.25, 0.3) is 11.1 Å². The Morgan fingerprint density at radius 2 is 1.29 bits per heavy atom. The number of benzene rings is 2. The van der Waals surface area contributed by atoms with Crippen LogP contribution in [0.1, 0.15) is 102 Å². The molecule has 2 aromatic rings. The van der Waals surface area contributed by atoms with Crippen LogP contribution in [0.2, 0.25) is 0 Å². The van der Waals surface area contributed by atoms with Crippen LogP contribution in [0.4, 0.5) is 13.2 Å². The predicted octanol–water partition coefficient (Wildman–Crippen LogP) is 7.22. The third kappa shape index (κ3) is 14.7. The van der Waals surface area contributed by atoms with Gasteiger partial charge >= 0.3 is 24.1 Å². The normalized spacial score (nSPS) is 14.1. The first kappa shape index (κ1) is 42.6. The summed E-state index contributed by atoms with van der Waals surface area (Å²) < 4.78 is 38.7. The topological polar surface area (TPSA) is 178 Å². The fourth-order valence-electron chi connectivity index (χ4n) is 5.62. The number of hydrogen-bond acceptors (Lipinski definition) is 6. The Hall–Kier alpha value is -4.52. The molecule has 0 aliphatic rings. The standard InChI is InChI=1S/C38H48F3NO9/c1-2-3-4-7-10-13-30(43)14-11-8-5-6-9-12-15-31(37(51,36(49)50)25-33(44)45)34(46)42-32(35(47)48)24-26-16-18-27(19-17-26)28-20-22-29(23-21-28)38(39,40)41/h12,15-23,31-32,51H,2-11,13-14,24-25H2,1H3,(H,42,46)(H,44,45)(H,47,48)(H,49,50)/t31-,32+,37+/m1/s1. The lowest BCUT2D eigenvalue weighted by Crippen LogP contribution is -2.55. The fourth-order valence-corrected chi connectivity index (χ4v) is 5.62. The number of rotatable bonds is 24. The molecule has 280 valence electrons. The lowest BCUT2D eigenvalue weighted by Gasteiger charge is -2.29. The Labute approximate surface area is 295 Å². The number of ketones is 1. The van der Waals surface area contributed by atoms with E-state index in [9.17, 15) is 57.6 Å². The highest BCUT2D eigenvalue weighted by Gasteiger charge is 2.49. The van der Waals surface area contributed by atoms with Gasteiger partial charge in [-0.15, -0.1) is 0 Å². The van der Waals surface area contributed by atoms with Gasteiger partial charge < -0.3 is 25.7 Å². The Balaban J connectivity index is 2.05. The third-order valence-corrected chi connectivity index (χ3v) is 8.61. The molecule has 0 aliphatic carbocycles. The van der Waals surface area contributed by atoms with E-state index in [1.807, 2.05) is 0 Å². The molecule has 0 unspecified atom stereocenters. The highest BCUT2D eigenvalue weighted by atomic mass is 19.4. The third-order valence-electron chi connectivity index (χ3n) is 8.61. The van der Waals surface area contributed by atoms with E-state index in [0.29, 0.717) is 42.4 Å². The zero-order valence-electron chi connectivity index (χ0n) is 28.8. The first-order valence-corrected chi connectivity index (χ1v) is 17.2. The number of halogens is 3. The van der Waals surface area contributed by atoms with Gasteiger partial charge in [-0.05, 0) is 54.5 Å². The molecule has 2 rings (SSSR count). The van der Waals surface area contributed by atoms with E-state index in [-0.39, 0.29) is 12.2 Å². The number of allylic oxidation sites excluding steroid dienone is 1. The van der Waals surface area contributed by atoms with Gasteiger partial charge in [-0.1, -0.05) is 94.0 Å². The number of hydrogen-bond donors (Lipinski definition) is 5. The smallest absolute Gasteiger partial charge is 0.416 e. The first-order valence-electron chi connectivity index (χ1n) is 17.2. The zero-order chi connectivity index (χ0) is 38.0. The van der Waals surface area contributed by atoms with Gasteiger partial charge in [0.1, 0.15) is 11.8 Å². The largest absolute Gasteiger partial charge is 0.481 e. The maximum absolute atomic E-state index is 13.4. The van der Waals surface area contributed by atoms with Gasteiger partial charge in [0.2, 0.25) is 5.91 Å². The number of amides is 1. The zero-order valence-corrected chi connectivity index (χ0v) is 28.8. The van der Waals surface area contributed by atoms with E-state index in [1.165, 1.54) is 36.8 Å². The van der Waals surface area contributed by atoms with Crippen LogP contribution in [0, 0.1) is 5.92 Å². The molecule has 0 heterocycles. The number of Topliss-reactive ketones (excluding diaryl/α,β-unsaturated/α-hetero) is 1. The number of carboxylic acid groups (broad SMARTS) is 3. The van der Waals surface area contributed by atoms with Crippen LogP contribution in [0.15, 0.2) is 60.7 Å². The summed E-state index contributed by atoms with van der Waals surface area (Å²) in [5.41, 5.74) is -2.45. The summed E-state index contributed by atoms with van der Waals surface area (Å²) in [4.78, 5) is 61.1. The van der Waals surface area contributed by atoms with Crippen LogP contribution in [0.3, 0.4) is 0 Å². The van der Waals surface area contributed by atoms with E-state index in [1.54, 1.807) is 12.1 Å². The minimum Gasteiger partial charge on any atom is -0.481 e. The highest BCUT2D eigenvalue weighted by Crippen LogP contribution is 2.31. The summed E-state index contributed by atoms with van der Waals surface area (Å²) >= 11 is 0. The highest BCUT2D eigenvalue weighted by molar-refractivity contribution is 5.94. The molecule has 0 bridgehead atoms. The average molecular weight is 720 g/mol. The number of carboxylic acids is 3. The first-order chi connectivity index (χ1) is 24.1. The van der Waals surface area contributed by atoms with E-state index in [4.69, 9.17) is 0 Å². The second-order valence-electron chi connectivity index (χ2n) is 12.7. The Morgan fingerprint density at radius 1 is 0.765 bits per heavy atom. The molecule has 13 heteroatoms.